The molecule has 0 aliphatic rings. The second kappa shape index (κ2) is 12.8. The zero-order valence-electron chi connectivity index (χ0n) is 27.1. The molecular weight excluding hydrogens is 683 g/mol. The molecule has 0 atom stereocenters. The number of aromatic nitrogens is 4. The van der Waals surface area contributed by atoms with Crippen LogP contribution < -0.4 is 0 Å². The van der Waals surface area contributed by atoms with Crippen LogP contribution in [0.15, 0.2) is 156 Å². The lowest BCUT2D eigenvalue weighted by atomic mass is 9.77. The highest BCUT2D eigenvalue weighted by Crippen LogP contribution is 2.44. The van der Waals surface area contributed by atoms with Gasteiger partial charge in [-0.15, -0.1) is 11.3 Å². The van der Waals surface area contributed by atoms with Crippen LogP contribution in [0, 0.1) is 11.6 Å². The lowest BCUT2D eigenvalue weighted by molar-refractivity contribution is 0.461. The molecule has 3 heterocycles. The fraction of sp³-hybridized carbons (Fsp3) is 0.0488. The number of rotatable bonds is 8. The molecule has 0 bridgehead atoms. The fourth-order valence-electron chi connectivity index (χ4n) is 6.64. The van der Waals surface area contributed by atoms with Crippen LogP contribution in [-0.4, -0.2) is 34.4 Å². The van der Waals surface area contributed by atoms with E-state index >= 15 is 4.39 Å². The van der Waals surface area contributed by atoms with Crippen molar-refractivity contribution in [2.24, 2.45) is 0 Å². The number of halogens is 2. The molecular formula is C41H28F2N4O2S2. The molecule has 0 saturated heterocycles. The van der Waals surface area contributed by atoms with E-state index in [1.165, 1.54) is 24.7 Å². The van der Waals surface area contributed by atoms with Crippen molar-refractivity contribution in [2.75, 3.05) is 6.26 Å². The van der Waals surface area contributed by atoms with Crippen LogP contribution in [0.1, 0.15) is 16.7 Å². The second-order valence-electron chi connectivity index (χ2n) is 12.1. The largest absolute Gasteiger partial charge is 0.252 e. The number of benzene rings is 5. The first-order chi connectivity index (χ1) is 24.7. The molecule has 10 heteroatoms. The molecule has 0 unspecified atom stereocenters. The molecule has 0 aliphatic carbocycles. The van der Waals surface area contributed by atoms with Gasteiger partial charge in [-0.05, 0) is 58.7 Å². The van der Waals surface area contributed by atoms with Crippen LogP contribution in [0.4, 0.5) is 8.78 Å². The van der Waals surface area contributed by atoms with Crippen molar-refractivity contribution < 1.29 is 17.2 Å². The van der Waals surface area contributed by atoms with Gasteiger partial charge < -0.3 is 0 Å². The maximum atomic E-state index is 15.8. The molecule has 0 N–H and O–H groups in total. The highest BCUT2D eigenvalue weighted by atomic mass is 32.2. The topological polar surface area (TPSA) is 77.7 Å². The van der Waals surface area contributed by atoms with Crippen molar-refractivity contribution in [2.45, 2.75) is 9.75 Å². The Balaban J connectivity index is 1.43. The minimum atomic E-state index is -3.42. The van der Waals surface area contributed by atoms with E-state index in [-0.39, 0.29) is 9.77 Å². The zero-order valence-corrected chi connectivity index (χ0v) is 28.7. The first-order valence-electron chi connectivity index (χ1n) is 16.0. The Morgan fingerprint density at radius 2 is 1.29 bits per heavy atom. The number of hydrogen-bond donors (Lipinski definition) is 0. The molecule has 0 amide bonds. The summed E-state index contributed by atoms with van der Waals surface area (Å²) in [6.45, 7) is 0. The predicted octanol–water partition coefficient (Wildman–Crippen LogP) is 9.41. The summed E-state index contributed by atoms with van der Waals surface area (Å²) in [5.41, 5.74) is 4.71. The van der Waals surface area contributed by atoms with Gasteiger partial charge in [0.2, 0.25) is 0 Å². The van der Waals surface area contributed by atoms with Gasteiger partial charge in [-0.25, -0.2) is 27.2 Å². The summed E-state index contributed by atoms with van der Waals surface area (Å²) in [5, 5.41) is 5.87. The van der Waals surface area contributed by atoms with Crippen LogP contribution in [-0.2, 0) is 15.4 Å². The summed E-state index contributed by atoms with van der Waals surface area (Å²) in [5.74, 6) is -1.44. The molecule has 0 saturated carbocycles. The van der Waals surface area contributed by atoms with Gasteiger partial charge in [0.05, 0.1) is 16.1 Å². The van der Waals surface area contributed by atoms with Crippen LogP contribution >= 0.6 is 11.3 Å². The summed E-state index contributed by atoms with van der Waals surface area (Å²) < 4.78 is 56.8. The van der Waals surface area contributed by atoms with Crippen molar-refractivity contribution in [3.8, 4) is 33.0 Å². The zero-order chi connectivity index (χ0) is 35.2. The van der Waals surface area contributed by atoms with Gasteiger partial charge in [0.15, 0.2) is 9.84 Å². The summed E-state index contributed by atoms with van der Waals surface area (Å²) in [7, 11) is -3.42. The van der Waals surface area contributed by atoms with Gasteiger partial charge in [0.25, 0.3) is 0 Å². The normalized spacial score (nSPS) is 12.0. The highest BCUT2D eigenvalue weighted by molar-refractivity contribution is 7.92. The molecule has 5 aromatic carbocycles. The van der Waals surface area contributed by atoms with Gasteiger partial charge in [0.1, 0.15) is 33.4 Å². The van der Waals surface area contributed by atoms with E-state index in [0.717, 1.165) is 34.1 Å². The highest BCUT2D eigenvalue weighted by Gasteiger charge is 2.40. The average Bonchev–Trinajstić information content (AvgIpc) is 3.82. The second-order valence-corrected chi connectivity index (χ2v) is 15.4. The number of hydrogen-bond acceptors (Lipinski definition) is 6. The van der Waals surface area contributed by atoms with Crippen molar-refractivity contribution in [3.63, 3.8) is 0 Å². The number of fused-ring (bicyclic) bond motifs is 1. The molecule has 0 aliphatic heterocycles. The molecule has 0 radical (unpaired) electrons. The van der Waals surface area contributed by atoms with Gasteiger partial charge in [-0.1, -0.05) is 97.1 Å². The first kappa shape index (κ1) is 32.4. The van der Waals surface area contributed by atoms with Crippen molar-refractivity contribution >= 4 is 32.1 Å². The van der Waals surface area contributed by atoms with Gasteiger partial charge in [-0.3, -0.25) is 4.68 Å². The van der Waals surface area contributed by atoms with Crippen LogP contribution in [0.2, 0.25) is 0 Å². The molecule has 250 valence electrons. The van der Waals surface area contributed by atoms with Crippen molar-refractivity contribution in [1.29, 1.82) is 0 Å². The Hall–Kier alpha value is -5.84. The monoisotopic (exact) mass is 710 g/mol. The summed E-state index contributed by atoms with van der Waals surface area (Å²) in [4.78, 5) is 9.70. The third-order valence-electron chi connectivity index (χ3n) is 8.95. The molecule has 3 aromatic heterocycles. The van der Waals surface area contributed by atoms with Gasteiger partial charge >= 0.3 is 0 Å². The summed E-state index contributed by atoms with van der Waals surface area (Å²) in [6.07, 6.45) is 4.53. The summed E-state index contributed by atoms with van der Waals surface area (Å²) in [6, 6.07) is 42.5. The van der Waals surface area contributed by atoms with E-state index in [4.69, 9.17) is 5.10 Å². The van der Waals surface area contributed by atoms with Crippen molar-refractivity contribution in [1.82, 2.24) is 19.7 Å². The third kappa shape index (κ3) is 5.72. The maximum absolute atomic E-state index is 15.8. The summed E-state index contributed by atoms with van der Waals surface area (Å²) >= 11 is 1.13. The Kier molecular flexibility index (Phi) is 8.13. The van der Waals surface area contributed by atoms with Crippen LogP contribution in [0.25, 0.3) is 43.9 Å². The number of thiophene rings is 1. The molecule has 0 spiro atoms. The standard InChI is InChI=1S/C41H28F2N4O2S2/c1-51(48,49)38-22-21-37(50-38)40-33-23-27(17-20-36(33)44-26-45-40)34-25-47(46-39(34)32-19-18-31(42)24-35(32)43)41(28-11-5-2-6-12-28,29-13-7-3-8-14-29)30-15-9-4-10-16-30/h2-26H,1H3. The van der Waals surface area contributed by atoms with E-state index in [9.17, 15) is 12.8 Å². The van der Waals surface area contributed by atoms with E-state index < -0.39 is 27.0 Å². The fourth-order valence-corrected chi connectivity index (χ4v) is 8.58. The smallest absolute Gasteiger partial charge is 0.184 e. The Bertz CT molecular complexity index is 2550. The predicted molar refractivity (Wildman–Crippen MR) is 197 cm³/mol. The Morgan fingerprint density at radius 3 is 1.86 bits per heavy atom. The minimum Gasteiger partial charge on any atom is -0.252 e. The lowest BCUT2D eigenvalue weighted by Gasteiger charge is -2.36. The first-order valence-corrected chi connectivity index (χ1v) is 18.7. The Morgan fingerprint density at radius 1 is 0.667 bits per heavy atom. The molecule has 8 rings (SSSR count). The maximum Gasteiger partial charge on any atom is 0.184 e. The Labute approximate surface area is 297 Å². The van der Waals surface area contributed by atoms with E-state index in [2.05, 4.69) is 9.97 Å². The van der Waals surface area contributed by atoms with Crippen LogP contribution in [0.5, 0.6) is 0 Å². The van der Waals surface area contributed by atoms with Gasteiger partial charge in [-0.2, -0.15) is 5.10 Å². The third-order valence-corrected chi connectivity index (χ3v) is 11.9. The van der Waals surface area contributed by atoms with E-state index in [1.54, 1.807) is 12.1 Å². The van der Waals surface area contributed by atoms with Gasteiger partial charge in [0, 0.05) is 35.0 Å². The minimum absolute atomic E-state index is 0.133. The SMILES string of the molecule is CS(=O)(=O)c1ccc(-c2ncnc3ccc(-c4cn(C(c5ccccc5)(c5ccccc5)c5ccccc5)nc4-c4ccc(F)cc4F)cc23)s1. The quantitative estimate of drug-likeness (QED) is 0.147. The van der Waals surface area contributed by atoms with E-state index in [1.807, 2.05) is 120 Å². The molecule has 8 aromatic rings. The molecule has 0 fully saturated rings. The number of nitrogens with zero attached hydrogens (tertiary/aromatic N) is 4. The number of sulfone groups is 1. The van der Waals surface area contributed by atoms with Crippen LogP contribution in [0.3, 0.4) is 0 Å². The van der Waals surface area contributed by atoms with Crippen molar-refractivity contribution in [3.05, 3.63) is 180 Å². The van der Waals surface area contributed by atoms with E-state index in [0.29, 0.717) is 38.3 Å². The molecule has 51 heavy (non-hydrogen) atoms. The lowest BCUT2D eigenvalue weighted by Crippen LogP contribution is -2.38. The average molecular weight is 711 g/mol. The molecule has 6 nitrogen and oxygen atoms in total.